The SMILES string of the molecule is CCOc1ccccc1-n1nc(-c2ccccc2I)c2c1NCCCC2. The van der Waals surface area contributed by atoms with Gasteiger partial charge in [-0.25, -0.2) is 4.68 Å². The maximum atomic E-state index is 5.86. The molecule has 0 bridgehead atoms. The van der Waals surface area contributed by atoms with Gasteiger partial charge in [0, 0.05) is 21.2 Å². The minimum Gasteiger partial charge on any atom is -0.492 e. The van der Waals surface area contributed by atoms with Gasteiger partial charge >= 0.3 is 0 Å². The Hall–Kier alpha value is -2.02. The van der Waals surface area contributed by atoms with Crippen molar-refractivity contribution >= 4 is 28.4 Å². The molecule has 0 atom stereocenters. The number of ether oxygens (including phenoxy) is 1. The lowest BCUT2D eigenvalue weighted by atomic mass is 10.0. The molecule has 0 saturated carbocycles. The van der Waals surface area contributed by atoms with E-state index in [0.29, 0.717) is 6.61 Å². The molecule has 134 valence electrons. The molecule has 26 heavy (non-hydrogen) atoms. The summed E-state index contributed by atoms with van der Waals surface area (Å²) in [5, 5.41) is 8.66. The summed E-state index contributed by atoms with van der Waals surface area (Å²) < 4.78 is 9.12. The number of fused-ring (bicyclic) bond motifs is 1. The average molecular weight is 459 g/mol. The van der Waals surface area contributed by atoms with Crippen LogP contribution in [0.15, 0.2) is 48.5 Å². The summed E-state index contributed by atoms with van der Waals surface area (Å²) in [6, 6.07) is 16.6. The number of benzene rings is 2. The number of anilines is 1. The zero-order chi connectivity index (χ0) is 17.9. The minimum absolute atomic E-state index is 0.636. The summed E-state index contributed by atoms with van der Waals surface area (Å²) in [4.78, 5) is 0. The Kier molecular flexibility index (Phi) is 5.15. The normalized spacial score (nSPS) is 13.6. The second-order valence-electron chi connectivity index (χ2n) is 6.35. The lowest BCUT2D eigenvalue weighted by molar-refractivity contribution is 0.338. The fourth-order valence-electron chi connectivity index (χ4n) is 3.46. The van der Waals surface area contributed by atoms with Crippen LogP contribution in [0.1, 0.15) is 25.3 Å². The fourth-order valence-corrected chi connectivity index (χ4v) is 4.10. The van der Waals surface area contributed by atoms with Crippen molar-refractivity contribution in [3.63, 3.8) is 0 Å². The van der Waals surface area contributed by atoms with Gasteiger partial charge in [-0.1, -0.05) is 30.3 Å². The van der Waals surface area contributed by atoms with Crippen molar-refractivity contribution in [2.45, 2.75) is 26.2 Å². The average Bonchev–Trinajstić information content (AvgIpc) is 2.84. The van der Waals surface area contributed by atoms with Crippen LogP contribution in [0.25, 0.3) is 16.9 Å². The molecule has 0 aliphatic carbocycles. The van der Waals surface area contributed by atoms with E-state index < -0.39 is 0 Å². The quantitative estimate of drug-likeness (QED) is 0.539. The summed E-state index contributed by atoms with van der Waals surface area (Å²) in [6.45, 7) is 3.62. The van der Waals surface area contributed by atoms with Gasteiger partial charge in [0.2, 0.25) is 0 Å². The van der Waals surface area contributed by atoms with E-state index in [1.807, 2.05) is 29.8 Å². The molecule has 5 heteroatoms. The molecular weight excluding hydrogens is 437 g/mol. The molecule has 1 N–H and O–H groups in total. The highest BCUT2D eigenvalue weighted by atomic mass is 127. The Morgan fingerprint density at radius 3 is 2.77 bits per heavy atom. The number of para-hydroxylation sites is 2. The van der Waals surface area contributed by atoms with Crippen LogP contribution in [0.2, 0.25) is 0 Å². The standard InChI is InChI=1S/C21H22IN3O/c1-2-26-19-13-6-5-12-18(19)25-21-16(10-7-8-14-23-21)20(24-25)15-9-3-4-11-17(15)22/h3-6,9,11-13,23H,2,7-8,10,14H2,1H3. The Labute approximate surface area is 167 Å². The van der Waals surface area contributed by atoms with E-state index in [2.05, 4.69) is 58.2 Å². The first-order valence-electron chi connectivity index (χ1n) is 9.12. The third-order valence-corrected chi connectivity index (χ3v) is 5.59. The number of hydrogen-bond donors (Lipinski definition) is 1. The molecule has 2 aromatic carbocycles. The summed E-state index contributed by atoms with van der Waals surface area (Å²) in [6.07, 6.45) is 3.39. The fraction of sp³-hybridized carbons (Fsp3) is 0.286. The van der Waals surface area contributed by atoms with Crippen molar-refractivity contribution in [3.05, 3.63) is 57.7 Å². The molecule has 1 aliphatic heterocycles. The van der Waals surface area contributed by atoms with Crippen molar-refractivity contribution in [3.8, 4) is 22.7 Å². The Morgan fingerprint density at radius 1 is 1.12 bits per heavy atom. The van der Waals surface area contributed by atoms with Gasteiger partial charge in [-0.15, -0.1) is 0 Å². The highest BCUT2D eigenvalue weighted by molar-refractivity contribution is 14.1. The van der Waals surface area contributed by atoms with Crippen molar-refractivity contribution in [1.29, 1.82) is 0 Å². The molecule has 0 saturated heterocycles. The summed E-state index contributed by atoms with van der Waals surface area (Å²) in [5.41, 5.74) is 4.56. The first-order chi connectivity index (χ1) is 12.8. The van der Waals surface area contributed by atoms with Gasteiger partial charge in [0.05, 0.1) is 12.3 Å². The smallest absolute Gasteiger partial charge is 0.145 e. The maximum absolute atomic E-state index is 5.86. The van der Waals surface area contributed by atoms with Crippen LogP contribution in [-0.2, 0) is 6.42 Å². The molecule has 2 heterocycles. The van der Waals surface area contributed by atoms with Gasteiger partial charge < -0.3 is 10.1 Å². The zero-order valence-corrected chi connectivity index (χ0v) is 17.0. The predicted octanol–water partition coefficient (Wildman–Crippen LogP) is 5.29. The van der Waals surface area contributed by atoms with Crippen molar-refractivity contribution in [1.82, 2.24) is 9.78 Å². The molecule has 0 unspecified atom stereocenters. The van der Waals surface area contributed by atoms with Crippen molar-refractivity contribution in [2.75, 3.05) is 18.5 Å². The molecule has 0 spiro atoms. The van der Waals surface area contributed by atoms with Crippen LogP contribution in [0.4, 0.5) is 5.82 Å². The highest BCUT2D eigenvalue weighted by Gasteiger charge is 2.23. The first-order valence-corrected chi connectivity index (χ1v) is 10.2. The molecule has 4 nitrogen and oxygen atoms in total. The highest BCUT2D eigenvalue weighted by Crippen LogP contribution is 2.37. The number of halogens is 1. The van der Waals surface area contributed by atoms with E-state index in [4.69, 9.17) is 9.84 Å². The molecule has 3 aromatic rings. The third-order valence-electron chi connectivity index (χ3n) is 4.65. The van der Waals surface area contributed by atoms with E-state index in [1.165, 1.54) is 27.5 Å². The lowest BCUT2D eigenvalue weighted by Gasteiger charge is -2.13. The molecular formula is C21H22IN3O. The summed E-state index contributed by atoms with van der Waals surface area (Å²) in [7, 11) is 0. The predicted molar refractivity (Wildman–Crippen MR) is 114 cm³/mol. The van der Waals surface area contributed by atoms with Gasteiger partial charge in [-0.2, -0.15) is 5.10 Å². The second-order valence-corrected chi connectivity index (χ2v) is 7.51. The first kappa shape index (κ1) is 17.4. The largest absolute Gasteiger partial charge is 0.492 e. The molecule has 0 amide bonds. The van der Waals surface area contributed by atoms with Gasteiger partial charge in [0.1, 0.15) is 17.3 Å². The van der Waals surface area contributed by atoms with Crippen LogP contribution in [0.5, 0.6) is 5.75 Å². The van der Waals surface area contributed by atoms with Crippen LogP contribution in [-0.4, -0.2) is 22.9 Å². The monoisotopic (exact) mass is 459 g/mol. The number of nitrogens with zero attached hydrogens (tertiary/aromatic N) is 2. The Bertz CT molecular complexity index is 919. The van der Waals surface area contributed by atoms with Crippen LogP contribution in [0.3, 0.4) is 0 Å². The molecule has 4 rings (SSSR count). The van der Waals surface area contributed by atoms with Crippen LogP contribution >= 0.6 is 22.6 Å². The lowest BCUT2D eigenvalue weighted by Crippen LogP contribution is -2.08. The number of nitrogens with one attached hydrogen (secondary N) is 1. The van der Waals surface area contributed by atoms with Gasteiger partial charge in [-0.05, 0) is 67.0 Å². The summed E-state index contributed by atoms with van der Waals surface area (Å²) >= 11 is 2.40. The van der Waals surface area contributed by atoms with E-state index in [0.717, 1.165) is 35.9 Å². The molecule has 1 aromatic heterocycles. The van der Waals surface area contributed by atoms with Gasteiger partial charge in [0.25, 0.3) is 0 Å². The number of hydrogen-bond acceptors (Lipinski definition) is 3. The minimum atomic E-state index is 0.636. The Morgan fingerprint density at radius 2 is 1.92 bits per heavy atom. The van der Waals surface area contributed by atoms with E-state index >= 15 is 0 Å². The molecule has 1 aliphatic rings. The van der Waals surface area contributed by atoms with Crippen molar-refractivity contribution < 1.29 is 4.74 Å². The maximum Gasteiger partial charge on any atom is 0.145 e. The van der Waals surface area contributed by atoms with Gasteiger partial charge in [0.15, 0.2) is 0 Å². The Balaban J connectivity index is 1.93. The molecule has 0 radical (unpaired) electrons. The van der Waals surface area contributed by atoms with E-state index in [1.54, 1.807) is 0 Å². The number of aromatic nitrogens is 2. The topological polar surface area (TPSA) is 39.1 Å². The van der Waals surface area contributed by atoms with Crippen molar-refractivity contribution in [2.24, 2.45) is 0 Å². The number of rotatable bonds is 4. The summed E-state index contributed by atoms with van der Waals surface area (Å²) in [5.74, 6) is 1.96. The van der Waals surface area contributed by atoms with Gasteiger partial charge in [-0.3, -0.25) is 0 Å². The van der Waals surface area contributed by atoms with Crippen LogP contribution in [0, 0.1) is 3.57 Å². The zero-order valence-electron chi connectivity index (χ0n) is 14.8. The third kappa shape index (κ3) is 3.20. The molecule has 0 fully saturated rings. The van der Waals surface area contributed by atoms with Crippen LogP contribution < -0.4 is 10.1 Å². The van der Waals surface area contributed by atoms with E-state index in [9.17, 15) is 0 Å². The van der Waals surface area contributed by atoms with E-state index in [-0.39, 0.29) is 0 Å². The second kappa shape index (κ2) is 7.70.